The molecule has 0 spiro atoms. The highest BCUT2D eigenvalue weighted by Crippen LogP contribution is 2.15. The fourth-order valence-corrected chi connectivity index (χ4v) is 1.99. The first-order chi connectivity index (χ1) is 9.56. The second-order valence-corrected chi connectivity index (χ2v) is 4.94. The van der Waals surface area contributed by atoms with E-state index in [1.807, 2.05) is 19.1 Å². The van der Waals surface area contributed by atoms with Gasteiger partial charge in [0.2, 0.25) is 5.91 Å². The number of hydrogen-bond donors (Lipinski definition) is 1. The molecule has 0 aliphatic heterocycles. The van der Waals surface area contributed by atoms with E-state index < -0.39 is 0 Å². The van der Waals surface area contributed by atoms with Gasteiger partial charge in [-0.1, -0.05) is 29.8 Å². The number of rotatable bonds is 4. The summed E-state index contributed by atoms with van der Waals surface area (Å²) in [5.74, 6) is -0.208. The van der Waals surface area contributed by atoms with Gasteiger partial charge in [-0.3, -0.25) is 9.59 Å². The van der Waals surface area contributed by atoms with Crippen molar-refractivity contribution in [3.63, 3.8) is 0 Å². The SMILES string of the molecule is C[C@@H](NC(=O)Cn1ccccc1=O)c1ccc(Cl)cc1. The normalized spacial score (nSPS) is 11.9. The molecule has 0 radical (unpaired) electrons. The van der Waals surface area contributed by atoms with E-state index in [0.717, 1.165) is 5.56 Å². The van der Waals surface area contributed by atoms with Crippen molar-refractivity contribution in [2.75, 3.05) is 0 Å². The molecule has 1 N–H and O–H groups in total. The summed E-state index contributed by atoms with van der Waals surface area (Å²) >= 11 is 5.82. The summed E-state index contributed by atoms with van der Waals surface area (Å²) < 4.78 is 1.36. The van der Waals surface area contributed by atoms with Crippen molar-refractivity contribution >= 4 is 17.5 Å². The first kappa shape index (κ1) is 14.3. The number of halogens is 1. The van der Waals surface area contributed by atoms with E-state index in [0.29, 0.717) is 5.02 Å². The van der Waals surface area contributed by atoms with Crippen LogP contribution in [0.15, 0.2) is 53.5 Å². The van der Waals surface area contributed by atoms with Gasteiger partial charge >= 0.3 is 0 Å². The maximum atomic E-state index is 11.9. The number of benzene rings is 1. The average molecular weight is 291 g/mol. The van der Waals surface area contributed by atoms with Crippen LogP contribution in [0.4, 0.5) is 0 Å². The lowest BCUT2D eigenvalue weighted by Gasteiger charge is -2.15. The minimum absolute atomic E-state index is 0.0115. The molecule has 20 heavy (non-hydrogen) atoms. The predicted octanol–water partition coefficient (Wildman–Crippen LogP) is 2.38. The smallest absolute Gasteiger partial charge is 0.250 e. The van der Waals surface area contributed by atoms with E-state index in [-0.39, 0.29) is 24.1 Å². The van der Waals surface area contributed by atoms with Crippen LogP contribution in [0.5, 0.6) is 0 Å². The van der Waals surface area contributed by atoms with Crippen LogP contribution in [0.1, 0.15) is 18.5 Å². The number of pyridine rings is 1. The molecular formula is C15H15ClN2O2. The zero-order valence-corrected chi connectivity index (χ0v) is 11.8. The van der Waals surface area contributed by atoms with Gasteiger partial charge in [0.05, 0.1) is 6.04 Å². The Balaban J connectivity index is 1.99. The maximum Gasteiger partial charge on any atom is 0.250 e. The van der Waals surface area contributed by atoms with E-state index in [2.05, 4.69) is 5.32 Å². The van der Waals surface area contributed by atoms with Crippen molar-refractivity contribution in [1.29, 1.82) is 0 Å². The Hall–Kier alpha value is -2.07. The highest BCUT2D eigenvalue weighted by molar-refractivity contribution is 6.30. The lowest BCUT2D eigenvalue weighted by Crippen LogP contribution is -2.33. The fraction of sp³-hybridized carbons (Fsp3) is 0.200. The van der Waals surface area contributed by atoms with Crippen LogP contribution in [0.25, 0.3) is 0 Å². The monoisotopic (exact) mass is 290 g/mol. The lowest BCUT2D eigenvalue weighted by atomic mass is 10.1. The summed E-state index contributed by atoms with van der Waals surface area (Å²) in [5.41, 5.74) is 0.768. The number of nitrogens with zero attached hydrogens (tertiary/aromatic N) is 1. The van der Waals surface area contributed by atoms with Crippen LogP contribution >= 0.6 is 11.6 Å². The van der Waals surface area contributed by atoms with E-state index in [9.17, 15) is 9.59 Å². The number of carbonyl (C=O) groups excluding carboxylic acids is 1. The van der Waals surface area contributed by atoms with Gasteiger partial charge in [0.15, 0.2) is 0 Å². The summed E-state index contributed by atoms with van der Waals surface area (Å²) in [5, 5.41) is 3.51. The molecule has 1 atom stereocenters. The van der Waals surface area contributed by atoms with Crippen molar-refractivity contribution in [2.24, 2.45) is 0 Å². The number of amides is 1. The fourth-order valence-electron chi connectivity index (χ4n) is 1.87. The summed E-state index contributed by atoms with van der Waals surface area (Å²) in [6.07, 6.45) is 1.59. The van der Waals surface area contributed by atoms with Gasteiger partial charge in [-0.05, 0) is 30.7 Å². The van der Waals surface area contributed by atoms with Crippen LogP contribution < -0.4 is 10.9 Å². The van der Waals surface area contributed by atoms with E-state index >= 15 is 0 Å². The Bertz CT molecular complexity index is 649. The summed E-state index contributed by atoms with van der Waals surface area (Å²) in [6, 6.07) is 11.9. The summed E-state index contributed by atoms with van der Waals surface area (Å²) in [6.45, 7) is 1.90. The van der Waals surface area contributed by atoms with Crippen molar-refractivity contribution in [1.82, 2.24) is 9.88 Å². The van der Waals surface area contributed by atoms with Crippen LogP contribution in [-0.2, 0) is 11.3 Å². The molecule has 0 saturated heterocycles. The molecule has 0 aliphatic carbocycles. The molecule has 1 aromatic carbocycles. The molecular weight excluding hydrogens is 276 g/mol. The molecule has 0 fully saturated rings. The Morgan fingerprint density at radius 3 is 2.60 bits per heavy atom. The first-order valence-electron chi connectivity index (χ1n) is 6.26. The van der Waals surface area contributed by atoms with E-state index in [4.69, 9.17) is 11.6 Å². The number of carbonyl (C=O) groups is 1. The quantitative estimate of drug-likeness (QED) is 0.940. The van der Waals surface area contributed by atoms with Gasteiger partial charge in [-0.25, -0.2) is 0 Å². The predicted molar refractivity (Wildman–Crippen MR) is 78.7 cm³/mol. The molecule has 4 nitrogen and oxygen atoms in total. The van der Waals surface area contributed by atoms with E-state index in [1.54, 1.807) is 30.5 Å². The molecule has 0 unspecified atom stereocenters. The van der Waals surface area contributed by atoms with Crippen LogP contribution in [0, 0.1) is 0 Å². The first-order valence-corrected chi connectivity index (χ1v) is 6.64. The molecule has 1 heterocycles. The molecule has 0 bridgehead atoms. The average Bonchev–Trinajstić information content (AvgIpc) is 2.42. The number of nitrogens with one attached hydrogen (secondary N) is 1. The minimum atomic E-state index is -0.208. The lowest BCUT2D eigenvalue weighted by molar-refractivity contribution is -0.122. The number of aromatic nitrogens is 1. The van der Waals surface area contributed by atoms with Crippen LogP contribution in [0.2, 0.25) is 5.02 Å². The van der Waals surface area contributed by atoms with Gasteiger partial charge in [0, 0.05) is 17.3 Å². The Kier molecular flexibility index (Phi) is 4.58. The second-order valence-electron chi connectivity index (χ2n) is 4.51. The standard InChI is InChI=1S/C15H15ClN2O2/c1-11(12-5-7-13(16)8-6-12)17-14(19)10-18-9-3-2-4-15(18)20/h2-9,11H,10H2,1H3,(H,17,19)/t11-/m1/s1. The molecule has 5 heteroatoms. The van der Waals surface area contributed by atoms with Crippen molar-refractivity contribution in [3.05, 3.63) is 69.6 Å². The van der Waals surface area contributed by atoms with E-state index in [1.165, 1.54) is 10.6 Å². The van der Waals surface area contributed by atoms with Gasteiger partial charge in [0.25, 0.3) is 5.56 Å². The van der Waals surface area contributed by atoms with Gasteiger partial charge < -0.3 is 9.88 Å². The van der Waals surface area contributed by atoms with Gasteiger partial charge in [-0.15, -0.1) is 0 Å². The largest absolute Gasteiger partial charge is 0.348 e. The minimum Gasteiger partial charge on any atom is -0.348 e. The Morgan fingerprint density at radius 1 is 1.25 bits per heavy atom. The Labute approximate surface area is 122 Å². The summed E-state index contributed by atoms with van der Waals surface area (Å²) in [7, 11) is 0. The second kappa shape index (κ2) is 6.39. The van der Waals surface area contributed by atoms with Crippen LogP contribution in [-0.4, -0.2) is 10.5 Å². The molecule has 0 aliphatic rings. The summed E-state index contributed by atoms with van der Waals surface area (Å²) in [4.78, 5) is 23.4. The topological polar surface area (TPSA) is 51.1 Å². The van der Waals surface area contributed by atoms with Gasteiger partial charge in [0.1, 0.15) is 6.54 Å². The highest BCUT2D eigenvalue weighted by Gasteiger charge is 2.10. The Morgan fingerprint density at radius 2 is 1.95 bits per heavy atom. The van der Waals surface area contributed by atoms with Crippen molar-refractivity contribution in [3.8, 4) is 0 Å². The number of hydrogen-bond acceptors (Lipinski definition) is 2. The van der Waals surface area contributed by atoms with Crippen molar-refractivity contribution < 1.29 is 4.79 Å². The molecule has 104 valence electrons. The molecule has 2 aromatic rings. The maximum absolute atomic E-state index is 11.9. The third kappa shape index (κ3) is 3.71. The molecule has 2 rings (SSSR count). The van der Waals surface area contributed by atoms with Crippen molar-refractivity contribution in [2.45, 2.75) is 19.5 Å². The van der Waals surface area contributed by atoms with Gasteiger partial charge in [-0.2, -0.15) is 0 Å². The zero-order chi connectivity index (χ0) is 14.5. The zero-order valence-electron chi connectivity index (χ0n) is 11.0. The third-order valence-corrected chi connectivity index (χ3v) is 3.21. The molecule has 1 aromatic heterocycles. The molecule has 0 saturated carbocycles. The molecule has 1 amide bonds. The third-order valence-electron chi connectivity index (χ3n) is 2.96. The van der Waals surface area contributed by atoms with Crippen LogP contribution in [0.3, 0.4) is 0 Å². The highest BCUT2D eigenvalue weighted by atomic mass is 35.5.